The van der Waals surface area contributed by atoms with E-state index in [-0.39, 0.29) is 23.8 Å². The minimum Gasteiger partial charge on any atom is -0.374 e. The predicted molar refractivity (Wildman–Crippen MR) is 94.8 cm³/mol. The lowest BCUT2D eigenvalue weighted by Crippen LogP contribution is -2.46. The number of alkyl halides is 2. The van der Waals surface area contributed by atoms with Crippen LogP contribution in [0.25, 0.3) is 0 Å². The van der Waals surface area contributed by atoms with Crippen molar-refractivity contribution >= 4 is 5.91 Å². The molecule has 2 aromatic heterocycles. The van der Waals surface area contributed by atoms with Crippen LogP contribution in [0, 0.1) is 0 Å². The first-order chi connectivity index (χ1) is 13.5. The van der Waals surface area contributed by atoms with Crippen LogP contribution < -0.4 is 0 Å². The lowest BCUT2D eigenvalue weighted by Gasteiger charge is -2.31. The first kappa shape index (κ1) is 18.9. The van der Waals surface area contributed by atoms with Crippen LogP contribution >= 0.6 is 0 Å². The van der Waals surface area contributed by atoms with Gasteiger partial charge in [-0.1, -0.05) is 6.07 Å². The summed E-state index contributed by atoms with van der Waals surface area (Å²) in [6, 6.07) is 3.53. The number of carbonyl (C=O) groups excluding carboxylic acids is 1. The summed E-state index contributed by atoms with van der Waals surface area (Å²) in [5.74, 6) is -0.450. The lowest BCUT2D eigenvalue weighted by molar-refractivity contribution is -0.0598. The van der Waals surface area contributed by atoms with Crippen LogP contribution in [-0.4, -0.2) is 57.0 Å². The van der Waals surface area contributed by atoms with Crippen molar-refractivity contribution < 1.29 is 23.0 Å². The molecule has 2 fully saturated rings. The van der Waals surface area contributed by atoms with Gasteiger partial charge in [-0.25, -0.2) is 8.78 Å². The van der Waals surface area contributed by atoms with Gasteiger partial charge in [0.2, 0.25) is 0 Å². The average molecular weight is 392 g/mol. The van der Waals surface area contributed by atoms with Gasteiger partial charge in [-0.15, -0.1) is 0 Å². The van der Waals surface area contributed by atoms with Crippen molar-refractivity contribution in [1.29, 1.82) is 0 Å². The monoisotopic (exact) mass is 392 g/mol. The van der Waals surface area contributed by atoms with Crippen LogP contribution in [0.15, 0.2) is 30.7 Å². The average Bonchev–Trinajstić information content (AvgIpc) is 3.20. The van der Waals surface area contributed by atoms with E-state index in [1.807, 2.05) is 12.1 Å². The van der Waals surface area contributed by atoms with Crippen molar-refractivity contribution in [3.05, 3.63) is 47.5 Å². The molecule has 2 aromatic rings. The minimum absolute atomic E-state index is 0.0612. The molecule has 1 aliphatic heterocycles. The Morgan fingerprint density at radius 1 is 1.43 bits per heavy atom. The fourth-order valence-corrected chi connectivity index (χ4v) is 4.02. The van der Waals surface area contributed by atoms with E-state index in [4.69, 9.17) is 9.47 Å². The maximum atomic E-state index is 13.3. The van der Waals surface area contributed by atoms with Gasteiger partial charge in [-0.2, -0.15) is 5.10 Å². The second-order valence-electron chi connectivity index (χ2n) is 7.09. The van der Waals surface area contributed by atoms with E-state index in [0.717, 1.165) is 12.0 Å². The van der Waals surface area contributed by atoms with Crippen molar-refractivity contribution in [2.75, 3.05) is 13.2 Å². The number of carbonyl (C=O) groups is 1. The molecule has 2 bridgehead atoms. The Balaban J connectivity index is 1.55. The number of pyridine rings is 1. The molecule has 1 saturated heterocycles. The van der Waals surface area contributed by atoms with E-state index in [9.17, 15) is 13.6 Å². The van der Waals surface area contributed by atoms with Crippen molar-refractivity contribution in [3.63, 3.8) is 0 Å². The van der Waals surface area contributed by atoms with Crippen LogP contribution in [0.5, 0.6) is 0 Å². The second-order valence-corrected chi connectivity index (χ2v) is 7.09. The first-order valence-corrected chi connectivity index (χ1v) is 9.29. The van der Waals surface area contributed by atoms with Crippen LogP contribution in [-0.2, 0) is 23.1 Å². The fraction of sp³-hybridized carbons (Fsp3) is 0.526. The Morgan fingerprint density at radius 3 is 3.04 bits per heavy atom. The number of hydrogen-bond donors (Lipinski definition) is 0. The van der Waals surface area contributed by atoms with Gasteiger partial charge in [0.25, 0.3) is 12.3 Å². The molecule has 150 valence electrons. The molecule has 1 saturated carbocycles. The Kier molecular flexibility index (Phi) is 5.36. The number of fused-ring (bicyclic) bond motifs is 2. The highest BCUT2D eigenvalue weighted by atomic mass is 19.3. The quantitative estimate of drug-likeness (QED) is 0.781. The van der Waals surface area contributed by atoms with E-state index < -0.39 is 18.0 Å². The topological polar surface area (TPSA) is 69.5 Å². The number of rotatable bonds is 5. The zero-order chi connectivity index (χ0) is 19.7. The standard InChI is InChI=1S/C19H22F2N4O3/c1-24-10-13(16(23-24)18(20)21)19(26)25-7-8-27-15-5-4-14(25)17(15)28-11-12-3-2-6-22-9-12/h2-3,6,9-10,14-15,17-18H,4-5,7-8,11H2,1H3/t14-,15-,17-/m0/s1. The molecule has 9 heteroatoms. The molecule has 0 spiro atoms. The molecule has 0 radical (unpaired) electrons. The highest BCUT2D eigenvalue weighted by Gasteiger charge is 2.45. The smallest absolute Gasteiger partial charge is 0.282 e. The predicted octanol–water partition coefficient (Wildman–Crippen LogP) is 2.34. The minimum atomic E-state index is -2.81. The maximum Gasteiger partial charge on any atom is 0.282 e. The molecule has 0 N–H and O–H groups in total. The molecule has 3 heterocycles. The third kappa shape index (κ3) is 3.64. The summed E-state index contributed by atoms with van der Waals surface area (Å²) >= 11 is 0. The van der Waals surface area contributed by atoms with Crippen LogP contribution in [0.4, 0.5) is 8.78 Å². The third-order valence-corrected chi connectivity index (χ3v) is 5.28. The Bertz CT molecular complexity index is 830. The van der Waals surface area contributed by atoms with Crippen molar-refractivity contribution in [2.24, 2.45) is 7.05 Å². The van der Waals surface area contributed by atoms with Gasteiger partial charge < -0.3 is 14.4 Å². The Morgan fingerprint density at radius 2 is 2.29 bits per heavy atom. The van der Waals surface area contributed by atoms with E-state index in [1.165, 1.54) is 17.9 Å². The molecule has 1 amide bonds. The van der Waals surface area contributed by atoms with Gasteiger partial charge in [0.15, 0.2) is 0 Å². The summed E-state index contributed by atoms with van der Waals surface area (Å²) in [6.07, 6.45) is 3.02. The molecule has 4 rings (SSSR count). The van der Waals surface area contributed by atoms with Crippen molar-refractivity contribution in [2.45, 2.75) is 44.1 Å². The molecule has 0 aromatic carbocycles. The number of amides is 1. The number of aromatic nitrogens is 3. The van der Waals surface area contributed by atoms with Gasteiger partial charge in [0.1, 0.15) is 11.8 Å². The number of halogens is 2. The summed E-state index contributed by atoms with van der Waals surface area (Å²) in [5, 5.41) is 3.76. The van der Waals surface area contributed by atoms with Gasteiger partial charge in [-0.05, 0) is 24.5 Å². The number of nitrogens with zero attached hydrogens (tertiary/aromatic N) is 4. The van der Waals surface area contributed by atoms with E-state index in [1.54, 1.807) is 17.3 Å². The highest BCUT2D eigenvalue weighted by molar-refractivity contribution is 5.95. The second kappa shape index (κ2) is 7.92. The maximum absolute atomic E-state index is 13.3. The summed E-state index contributed by atoms with van der Waals surface area (Å²) in [6.45, 7) is 1.04. The van der Waals surface area contributed by atoms with E-state index in [0.29, 0.717) is 26.2 Å². The fourth-order valence-electron chi connectivity index (χ4n) is 4.02. The summed E-state index contributed by atoms with van der Waals surface area (Å²) in [7, 11) is 1.53. The molecule has 7 nitrogen and oxygen atoms in total. The zero-order valence-corrected chi connectivity index (χ0v) is 15.5. The molecule has 28 heavy (non-hydrogen) atoms. The SMILES string of the molecule is Cn1cc(C(=O)N2CCO[C@H]3CC[C@H]2[C@@H]3OCc2cccnc2)c(C(F)F)n1. The molecule has 0 unspecified atom stereocenters. The summed E-state index contributed by atoms with van der Waals surface area (Å²) in [4.78, 5) is 18.8. The highest BCUT2D eigenvalue weighted by Crippen LogP contribution is 2.34. The first-order valence-electron chi connectivity index (χ1n) is 9.29. The van der Waals surface area contributed by atoms with Crippen LogP contribution in [0.2, 0.25) is 0 Å². The van der Waals surface area contributed by atoms with Gasteiger partial charge in [0, 0.05) is 32.2 Å². The largest absolute Gasteiger partial charge is 0.374 e. The van der Waals surface area contributed by atoms with Gasteiger partial charge in [0.05, 0.1) is 30.9 Å². The number of ether oxygens (including phenoxy) is 2. The lowest BCUT2D eigenvalue weighted by atomic mass is 10.1. The molecule has 2 aliphatic rings. The third-order valence-electron chi connectivity index (χ3n) is 5.28. The van der Waals surface area contributed by atoms with Crippen LogP contribution in [0.1, 0.15) is 40.9 Å². The van der Waals surface area contributed by atoms with Gasteiger partial charge in [-0.3, -0.25) is 14.5 Å². The Hall–Kier alpha value is -2.39. The molecule has 1 aliphatic carbocycles. The molecular formula is C19H22F2N4O3. The zero-order valence-electron chi connectivity index (χ0n) is 15.5. The Labute approximate surface area is 161 Å². The molecule has 3 atom stereocenters. The normalized spacial score (nSPS) is 24.6. The van der Waals surface area contributed by atoms with E-state index >= 15 is 0 Å². The summed E-state index contributed by atoms with van der Waals surface area (Å²) in [5.41, 5.74) is 0.380. The van der Waals surface area contributed by atoms with Crippen molar-refractivity contribution in [1.82, 2.24) is 19.7 Å². The number of aryl methyl sites for hydroxylation is 1. The summed E-state index contributed by atoms with van der Waals surface area (Å²) < 4.78 is 39.9. The van der Waals surface area contributed by atoms with Crippen LogP contribution in [0.3, 0.4) is 0 Å². The van der Waals surface area contributed by atoms with E-state index in [2.05, 4.69) is 10.1 Å². The van der Waals surface area contributed by atoms with Crippen molar-refractivity contribution in [3.8, 4) is 0 Å². The number of hydrogen-bond acceptors (Lipinski definition) is 5. The molecular weight excluding hydrogens is 370 g/mol. The van der Waals surface area contributed by atoms with Gasteiger partial charge >= 0.3 is 0 Å².